The number of hydrogen-bond donors (Lipinski definition) is 1. The maximum atomic E-state index is 14.1. The van der Waals surface area contributed by atoms with E-state index in [0.29, 0.717) is 56.5 Å². The van der Waals surface area contributed by atoms with E-state index in [2.05, 4.69) is 29.7 Å². The number of likely N-dealkylation sites (N-methyl/N-ethyl adjacent to an activating group) is 1. The summed E-state index contributed by atoms with van der Waals surface area (Å²) >= 11 is 0. The molecule has 3 aromatic heterocycles. The number of fused-ring (bicyclic) bond motifs is 4. The van der Waals surface area contributed by atoms with E-state index in [0.717, 1.165) is 24.7 Å². The SMILES string of the molecule is CC(C)COc1cc2c(=O)c3c4ccc(C#N)cc4[nH]c3n(C3CN(C)C3)c2cc1-c1cncc(OS(=O)(=O)F)c1. The molecular weight excluding hydrogens is 549 g/mol. The molecular formula is C29H26FN5O5S. The fourth-order valence-corrected chi connectivity index (χ4v) is 5.73. The second-order valence-electron chi connectivity index (χ2n) is 10.8. The summed E-state index contributed by atoms with van der Waals surface area (Å²) in [6.45, 7) is 5.86. The van der Waals surface area contributed by atoms with Crippen LogP contribution in [0.25, 0.3) is 44.0 Å². The molecule has 0 bridgehead atoms. The normalized spacial score (nSPS) is 14.5. The van der Waals surface area contributed by atoms with E-state index in [4.69, 9.17) is 4.74 Å². The summed E-state index contributed by atoms with van der Waals surface area (Å²) in [5.41, 5.74) is 3.23. The Labute approximate surface area is 235 Å². The molecule has 0 spiro atoms. The summed E-state index contributed by atoms with van der Waals surface area (Å²) in [4.78, 5) is 23.7. The fraction of sp³-hybridized carbons (Fsp3) is 0.276. The third-order valence-electron chi connectivity index (χ3n) is 7.18. The van der Waals surface area contributed by atoms with Crippen molar-refractivity contribution < 1.29 is 21.2 Å². The zero-order chi connectivity index (χ0) is 29.1. The van der Waals surface area contributed by atoms with Gasteiger partial charge in [0, 0.05) is 41.3 Å². The van der Waals surface area contributed by atoms with Crippen molar-refractivity contribution in [2.45, 2.75) is 19.9 Å². The first kappa shape index (κ1) is 26.7. The molecule has 4 heterocycles. The Bertz CT molecular complexity index is 2060. The van der Waals surface area contributed by atoms with Gasteiger partial charge in [0.2, 0.25) is 0 Å². The second kappa shape index (κ2) is 9.87. The molecule has 5 aromatic rings. The lowest BCUT2D eigenvalue weighted by Crippen LogP contribution is -2.45. The first-order chi connectivity index (χ1) is 19.5. The van der Waals surface area contributed by atoms with Gasteiger partial charge in [-0.05, 0) is 43.3 Å². The predicted octanol–water partition coefficient (Wildman–Crippen LogP) is 4.68. The zero-order valence-electron chi connectivity index (χ0n) is 22.5. The molecule has 1 aliphatic rings. The molecule has 10 nitrogen and oxygen atoms in total. The van der Waals surface area contributed by atoms with Crippen molar-refractivity contribution in [3.05, 3.63) is 64.6 Å². The lowest BCUT2D eigenvalue weighted by atomic mass is 10.00. The molecule has 0 unspecified atom stereocenters. The van der Waals surface area contributed by atoms with Gasteiger partial charge in [-0.2, -0.15) is 13.7 Å². The lowest BCUT2D eigenvalue weighted by molar-refractivity contribution is 0.146. The summed E-state index contributed by atoms with van der Waals surface area (Å²) in [7, 11) is -3.24. The van der Waals surface area contributed by atoms with Crippen molar-refractivity contribution in [1.29, 1.82) is 5.26 Å². The van der Waals surface area contributed by atoms with Gasteiger partial charge in [-0.15, -0.1) is 0 Å². The molecule has 0 atom stereocenters. The summed E-state index contributed by atoms with van der Waals surface area (Å²) < 4.78 is 48.2. The van der Waals surface area contributed by atoms with Crippen LogP contribution in [-0.4, -0.2) is 54.6 Å². The summed E-state index contributed by atoms with van der Waals surface area (Å²) in [6.07, 6.45) is 2.59. The highest BCUT2D eigenvalue weighted by Crippen LogP contribution is 2.39. The molecule has 1 fully saturated rings. The number of aromatic nitrogens is 3. The van der Waals surface area contributed by atoms with Gasteiger partial charge in [-0.3, -0.25) is 9.78 Å². The highest BCUT2D eigenvalue weighted by molar-refractivity contribution is 7.81. The smallest absolute Gasteiger partial charge is 0.488 e. The third-order valence-corrected chi connectivity index (χ3v) is 7.57. The largest absolute Gasteiger partial charge is 0.493 e. The van der Waals surface area contributed by atoms with Crippen molar-refractivity contribution in [2.75, 3.05) is 26.7 Å². The van der Waals surface area contributed by atoms with Gasteiger partial charge >= 0.3 is 10.5 Å². The summed E-state index contributed by atoms with van der Waals surface area (Å²) in [5.74, 6) is 0.279. The third kappa shape index (κ3) is 4.87. The van der Waals surface area contributed by atoms with Crippen LogP contribution >= 0.6 is 0 Å². The highest BCUT2D eigenvalue weighted by Gasteiger charge is 2.30. The Balaban J connectivity index is 1.68. The van der Waals surface area contributed by atoms with Crippen LogP contribution in [0.1, 0.15) is 25.5 Å². The van der Waals surface area contributed by atoms with Crippen LogP contribution in [0, 0.1) is 17.2 Å². The van der Waals surface area contributed by atoms with Crippen LogP contribution in [0.5, 0.6) is 11.5 Å². The van der Waals surface area contributed by atoms with Gasteiger partial charge in [0.05, 0.1) is 46.8 Å². The number of aromatic amines is 1. The van der Waals surface area contributed by atoms with Crippen LogP contribution in [0.2, 0.25) is 0 Å². The Kier molecular flexibility index (Phi) is 6.43. The molecule has 12 heteroatoms. The van der Waals surface area contributed by atoms with E-state index in [1.807, 2.05) is 27.0 Å². The van der Waals surface area contributed by atoms with E-state index in [9.17, 15) is 22.4 Å². The second-order valence-corrected chi connectivity index (χ2v) is 11.7. The number of hydrogen-bond acceptors (Lipinski definition) is 8. The van der Waals surface area contributed by atoms with Crippen molar-refractivity contribution >= 4 is 43.3 Å². The van der Waals surface area contributed by atoms with Crippen LogP contribution in [0.3, 0.4) is 0 Å². The Hall–Kier alpha value is -4.47. The Morgan fingerprint density at radius 1 is 1.17 bits per heavy atom. The zero-order valence-corrected chi connectivity index (χ0v) is 23.3. The highest BCUT2D eigenvalue weighted by atomic mass is 32.3. The van der Waals surface area contributed by atoms with Crippen molar-refractivity contribution in [1.82, 2.24) is 19.4 Å². The van der Waals surface area contributed by atoms with E-state index in [-0.39, 0.29) is 23.1 Å². The van der Waals surface area contributed by atoms with Crippen molar-refractivity contribution in [3.63, 3.8) is 0 Å². The average molecular weight is 576 g/mol. The molecule has 1 N–H and O–H groups in total. The van der Waals surface area contributed by atoms with Gasteiger partial charge < -0.3 is 23.4 Å². The molecule has 0 saturated carbocycles. The van der Waals surface area contributed by atoms with Gasteiger partial charge in [0.25, 0.3) is 0 Å². The van der Waals surface area contributed by atoms with Gasteiger partial charge in [0.1, 0.15) is 11.4 Å². The van der Waals surface area contributed by atoms with E-state index >= 15 is 0 Å². The number of rotatable bonds is 7. The number of nitriles is 1. The molecule has 6 rings (SSSR count). The predicted molar refractivity (Wildman–Crippen MR) is 153 cm³/mol. The quantitative estimate of drug-likeness (QED) is 0.277. The molecule has 1 saturated heterocycles. The van der Waals surface area contributed by atoms with Crippen LogP contribution in [0.15, 0.2) is 53.6 Å². The van der Waals surface area contributed by atoms with E-state index < -0.39 is 10.5 Å². The maximum absolute atomic E-state index is 14.1. The number of nitrogens with one attached hydrogen (secondary N) is 1. The summed E-state index contributed by atoms with van der Waals surface area (Å²) in [5, 5.41) is 11.1. The molecule has 41 heavy (non-hydrogen) atoms. The minimum Gasteiger partial charge on any atom is -0.493 e. The number of nitrogens with zero attached hydrogens (tertiary/aromatic N) is 4. The van der Waals surface area contributed by atoms with Crippen LogP contribution < -0.4 is 14.3 Å². The first-order valence-electron chi connectivity index (χ1n) is 13.0. The van der Waals surface area contributed by atoms with Crippen LogP contribution in [0.4, 0.5) is 3.89 Å². The van der Waals surface area contributed by atoms with Gasteiger partial charge in [0.15, 0.2) is 11.2 Å². The molecule has 0 amide bonds. The minimum atomic E-state index is -5.25. The number of likely N-dealkylation sites (tertiary alicyclic amines) is 1. The van der Waals surface area contributed by atoms with Gasteiger partial charge in [-0.1, -0.05) is 23.8 Å². The lowest BCUT2D eigenvalue weighted by Gasteiger charge is -2.39. The molecule has 0 radical (unpaired) electrons. The van der Waals surface area contributed by atoms with Crippen molar-refractivity contribution in [3.8, 4) is 28.7 Å². The fourth-order valence-electron chi connectivity index (χ4n) is 5.40. The van der Waals surface area contributed by atoms with Gasteiger partial charge in [-0.25, -0.2) is 0 Å². The first-order valence-corrected chi connectivity index (χ1v) is 14.3. The number of ether oxygens (including phenoxy) is 1. The maximum Gasteiger partial charge on any atom is 0.488 e. The van der Waals surface area contributed by atoms with E-state index in [1.165, 1.54) is 12.3 Å². The molecule has 2 aromatic carbocycles. The average Bonchev–Trinajstić information content (AvgIpc) is 3.28. The monoisotopic (exact) mass is 575 g/mol. The number of H-pyrrole nitrogens is 1. The number of halogens is 1. The molecule has 0 aliphatic carbocycles. The Morgan fingerprint density at radius 3 is 2.63 bits per heavy atom. The van der Waals surface area contributed by atoms with Crippen molar-refractivity contribution in [2.24, 2.45) is 5.92 Å². The standard InChI is InChI=1S/C29H26FN5O5S/c1-16(2)15-39-26-9-23-25(8-22(26)18-7-20(12-32-11-18)40-41(30,37)38)35(19-13-34(3)14-19)29-27(28(23)36)21-5-4-17(10-31)6-24(21)33-29/h4-9,11-12,16,19,33H,13-15H2,1-3H3. The Morgan fingerprint density at radius 2 is 1.95 bits per heavy atom. The number of pyridine rings is 2. The molecule has 1 aliphatic heterocycles. The van der Waals surface area contributed by atoms with Crippen LogP contribution in [-0.2, 0) is 10.5 Å². The topological polar surface area (TPSA) is 130 Å². The molecule has 210 valence electrons. The summed E-state index contributed by atoms with van der Waals surface area (Å²) in [6, 6.07) is 12.3. The number of benzene rings is 2. The van der Waals surface area contributed by atoms with E-state index in [1.54, 1.807) is 24.3 Å². The minimum absolute atomic E-state index is 0.0499.